The molecule has 7 heteroatoms. The maximum absolute atomic E-state index is 8.50. The zero-order chi connectivity index (χ0) is 15.7. The molecule has 1 unspecified atom stereocenters. The standard InChI is InChI=1S/C15H30O7/c16-4-6-17-7-8-18-9-10-19-11-12-20-13-14-22-15-3-1-2-5-21-15/h15-16H,1-14H2. The summed E-state index contributed by atoms with van der Waals surface area (Å²) in [5, 5.41) is 8.50. The van der Waals surface area contributed by atoms with E-state index >= 15 is 0 Å². The molecule has 1 fully saturated rings. The van der Waals surface area contributed by atoms with Gasteiger partial charge in [-0.25, -0.2) is 0 Å². The molecule has 0 aromatic heterocycles. The van der Waals surface area contributed by atoms with Gasteiger partial charge in [-0.3, -0.25) is 0 Å². The molecule has 1 N–H and O–H groups in total. The molecule has 1 heterocycles. The molecule has 1 atom stereocenters. The van der Waals surface area contributed by atoms with E-state index in [0.717, 1.165) is 19.4 Å². The van der Waals surface area contributed by atoms with Crippen molar-refractivity contribution in [1.82, 2.24) is 0 Å². The first-order chi connectivity index (χ1) is 10.9. The Morgan fingerprint density at radius 2 is 1.27 bits per heavy atom. The van der Waals surface area contributed by atoms with Crippen molar-refractivity contribution in [3.8, 4) is 0 Å². The van der Waals surface area contributed by atoms with E-state index in [1.54, 1.807) is 0 Å². The van der Waals surface area contributed by atoms with Gasteiger partial charge in [-0.2, -0.15) is 0 Å². The molecule has 0 amide bonds. The van der Waals surface area contributed by atoms with Gasteiger partial charge in [-0.1, -0.05) is 0 Å². The van der Waals surface area contributed by atoms with Crippen molar-refractivity contribution in [3.63, 3.8) is 0 Å². The van der Waals surface area contributed by atoms with Crippen molar-refractivity contribution in [2.24, 2.45) is 0 Å². The summed E-state index contributed by atoms with van der Waals surface area (Å²) in [6.07, 6.45) is 3.24. The Morgan fingerprint density at radius 1 is 0.727 bits per heavy atom. The number of rotatable bonds is 15. The highest BCUT2D eigenvalue weighted by Gasteiger charge is 2.13. The van der Waals surface area contributed by atoms with E-state index in [9.17, 15) is 0 Å². The molecular weight excluding hydrogens is 292 g/mol. The molecule has 0 spiro atoms. The average Bonchev–Trinajstić information content (AvgIpc) is 2.56. The molecule has 22 heavy (non-hydrogen) atoms. The first kappa shape index (κ1) is 19.8. The molecule has 0 radical (unpaired) electrons. The quantitative estimate of drug-likeness (QED) is 0.442. The van der Waals surface area contributed by atoms with Crippen LogP contribution in [0.4, 0.5) is 0 Å². The normalized spacial score (nSPS) is 18.7. The van der Waals surface area contributed by atoms with E-state index in [1.807, 2.05) is 0 Å². The molecule has 1 rings (SSSR count). The predicted octanol–water partition coefficient (Wildman–Crippen LogP) is 0.588. The Bertz CT molecular complexity index is 222. The highest BCUT2D eigenvalue weighted by molar-refractivity contribution is 4.53. The summed E-state index contributed by atoms with van der Waals surface area (Å²) in [6.45, 7) is 5.49. The van der Waals surface area contributed by atoms with E-state index < -0.39 is 0 Å². The molecular formula is C15H30O7. The lowest BCUT2D eigenvalue weighted by Gasteiger charge is -2.22. The fourth-order valence-electron chi connectivity index (χ4n) is 1.91. The van der Waals surface area contributed by atoms with E-state index in [4.69, 9.17) is 33.5 Å². The summed E-state index contributed by atoms with van der Waals surface area (Å²) in [7, 11) is 0. The van der Waals surface area contributed by atoms with Crippen LogP contribution in [0.25, 0.3) is 0 Å². The summed E-state index contributed by atoms with van der Waals surface area (Å²) in [4.78, 5) is 0. The lowest BCUT2D eigenvalue weighted by molar-refractivity contribution is -0.169. The van der Waals surface area contributed by atoms with Crippen LogP contribution in [0.15, 0.2) is 0 Å². The lowest BCUT2D eigenvalue weighted by atomic mass is 10.2. The van der Waals surface area contributed by atoms with Crippen molar-refractivity contribution in [2.45, 2.75) is 25.6 Å². The summed E-state index contributed by atoms with van der Waals surface area (Å²) in [6, 6.07) is 0. The SMILES string of the molecule is OCCOCCOCCOCCOCCOC1CCCCO1. The van der Waals surface area contributed by atoms with E-state index in [1.165, 1.54) is 6.42 Å². The molecule has 1 aliphatic rings. The second-order valence-corrected chi connectivity index (χ2v) is 4.84. The molecule has 0 bridgehead atoms. The van der Waals surface area contributed by atoms with Gasteiger partial charge in [0.05, 0.1) is 66.1 Å². The number of aliphatic hydroxyl groups excluding tert-OH is 1. The van der Waals surface area contributed by atoms with Crippen LogP contribution in [0.5, 0.6) is 0 Å². The maximum atomic E-state index is 8.50. The second-order valence-electron chi connectivity index (χ2n) is 4.84. The van der Waals surface area contributed by atoms with Crippen molar-refractivity contribution in [3.05, 3.63) is 0 Å². The third-order valence-corrected chi connectivity index (χ3v) is 3.02. The Labute approximate surface area is 132 Å². The second kappa shape index (κ2) is 15.6. The Kier molecular flexibility index (Phi) is 14.0. The van der Waals surface area contributed by atoms with Gasteiger partial charge in [0.2, 0.25) is 0 Å². The van der Waals surface area contributed by atoms with Crippen LogP contribution >= 0.6 is 0 Å². The zero-order valence-electron chi connectivity index (χ0n) is 13.4. The van der Waals surface area contributed by atoms with Crippen molar-refractivity contribution in [1.29, 1.82) is 0 Å². The third kappa shape index (κ3) is 12.3. The van der Waals surface area contributed by atoms with Crippen LogP contribution in [-0.4, -0.2) is 84.1 Å². The van der Waals surface area contributed by atoms with Crippen molar-refractivity contribution in [2.75, 3.05) is 72.7 Å². The number of hydrogen-bond acceptors (Lipinski definition) is 7. The minimum Gasteiger partial charge on any atom is -0.394 e. The lowest BCUT2D eigenvalue weighted by Crippen LogP contribution is -2.24. The monoisotopic (exact) mass is 322 g/mol. The first-order valence-electron chi connectivity index (χ1n) is 8.08. The van der Waals surface area contributed by atoms with Gasteiger partial charge in [0.25, 0.3) is 0 Å². The van der Waals surface area contributed by atoms with Crippen LogP contribution in [0.1, 0.15) is 19.3 Å². The van der Waals surface area contributed by atoms with Crippen molar-refractivity contribution >= 4 is 0 Å². The zero-order valence-corrected chi connectivity index (χ0v) is 13.4. The summed E-state index contributed by atoms with van der Waals surface area (Å²) in [5.74, 6) is 0. The van der Waals surface area contributed by atoms with Crippen molar-refractivity contribution < 1.29 is 33.5 Å². The Balaban J connectivity index is 1.68. The minimum atomic E-state index is -0.0490. The van der Waals surface area contributed by atoms with E-state index in [2.05, 4.69) is 0 Å². The highest BCUT2D eigenvalue weighted by Crippen LogP contribution is 2.13. The third-order valence-electron chi connectivity index (χ3n) is 3.02. The Hall–Kier alpha value is -0.280. The van der Waals surface area contributed by atoms with Gasteiger partial charge in [-0.15, -0.1) is 0 Å². The largest absolute Gasteiger partial charge is 0.394 e. The molecule has 0 aromatic carbocycles. The molecule has 7 nitrogen and oxygen atoms in total. The van der Waals surface area contributed by atoms with Crippen LogP contribution in [0.2, 0.25) is 0 Å². The molecule has 0 aliphatic carbocycles. The average molecular weight is 322 g/mol. The Morgan fingerprint density at radius 3 is 1.77 bits per heavy atom. The fourth-order valence-corrected chi connectivity index (χ4v) is 1.91. The summed E-state index contributed by atoms with van der Waals surface area (Å²) in [5.41, 5.74) is 0. The first-order valence-corrected chi connectivity index (χ1v) is 8.08. The van der Waals surface area contributed by atoms with E-state index in [-0.39, 0.29) is 12.9 Å². The van der Waals surface area contributed by atoms with Gasteiger partial charge in [0, 0.05) is 6.61 Å². The topological polar surface area (TPSA) is 75.6 Å². The smallest absolute Gasteiger partial charge is 0.157 e. The van der Waals surface area contributed by atoms with Gasteiger partial charge < -0.3 is 33.5 Å². The molecule has 132 valence electrons. The number of ether oxygens (including phenoxy) is 6. The molecule has 0 saturated carbocycles. The molecule has 0 aromatic rings. The van der Waals surface area contributed by atoms with Gasteiger partial charge in [0.15, 0.2) is 6.29 Å². The summed E-state index contributed by atoms with van der Waals surface area (Å²) >= 11 is 0. The van der Waals surface area contributed by atoms with Gasteiger partial charge in [0.1, 0.15) is 0 Å². The fraction of sp³-hybridized carbons (Fsp3) is 1.00. The maximum Gasteiger partial charge on any atom is 0.157 e. The van der Waals surface area contributed by atoms with Crippen LogP contribution in [0, 0.1) is 0 Å². The van der Waals surface area contributed by atoms with Crippen LogP contribution < -0.4 is 0 Å². The molecule has 1 aliphatic heterocycles. The highest BCUT2D eigenvalue weighted by atomic mass is 16.7. The van der Waals surface area contributed by atoms with Gasteiger partial charge in [-0.05, 0) is 19.3 Å². The number of hydrogen-bond donors (Lipinski definition) is 1. The van der Waals surface area contributed by atoms with Crippen LogP contribution in [0.3, 0.4) is 0 Å². The number of aliphatic hydroxyl groups is 1. The van der Waals surface area contributed by atoms with Crippen LogP contribution in [-0.2, 0) is 28.4 Å². The van der Waals surface area contributed by atoms with Gasteiger partial charge >= 0.3 is 0 Å². The summed E-state index contributed by atoms with van der Waals surface area (Å²) < 4.78 is 32.1. The van der Waals surface area contributed by atoms with E-state index in [0.29, 0.717) is 59.5 Å². The molecule has 1 saturated heterocycles. The minimum absolute atomic E-state index is 0.0435. The predicted molar refractivity (Wildman–Crippen MR) is 79.9 cm³/mol.